The van der Waals surface area contributed by atoms with Gasteiger partial charge in [-0.3, -0.25) is 0 Å². The van der Waals surface area contributed by atoms with E-state index in [9.17, 15) is 0 Å². The standard InChI is InChI=1S/C17H20ClNO/c1-4-19-11-13-6-5-12(2)15(9-13)16-10-14(18)7-8-17(16)20-3/h5-10,19H,4,11H2,1-3H3. The van der Waals surface area contributed by atoms with Gasteiger partial charge in [0.1, 0.15) is 5.75 Å². The zero-order valence-corrected chi connectivity index (χ0v) is 12.9. The molecule has 0 heterocycles. The third kappa shape index (κ3) is 3.33. The van der Waals surface area contributed by atoms with Crippen LogP contribution in [0.2, 0.25) is 5.02 Å². The van der Waals surface area contributed by atoms with Gasteiger partial charge < -0.3 is 10.1 Å². The average molecular weight is 290 g/mol. The normalized spacial score (nSPS) is 10.6. The summed E-state index contributed by atoms with van der Waals surface area (Å²) < 4.78 is 5.46. The molecule has 3 heteroatoms. The number of aryl methyl sites for hydroxylation is 1. The quantitative estimate of drug-likeness (QED) is 0.879. The van der Waals surface area contributed by atoms with Gasteiger partial charge >= 0.3 is 0 Å². The van der Waals surface area contributed by atoms with Gasteiger partial charge in [-0.25, -0.2) is 0 Å². The van der Waals surface area contributed by atoms with Crippen molar-refractivity contribution in [3.63, 3.8) is 0 Å². The van der Waals surface area contributed by atoms with Crippen LogP contribution in [0, 0.1) is 6.92 Å². The molecule has 2 aromatic rings. The summed E-state index contributed by atoms with van der Waals surface area (Å²) in [5, 5.41) is 4.07. The van der Waals surface area contributed by atoms with Crippen molar-refractivity contribution < 1.29 is 4.74 Å². The van der Waals surface area contributed by atoms with E-state index in [1.54, 1.807) is 7.11 Å². The smallest absolute Gasteiger partial charge is 0.126 e. The number of rotatable bonds is 5. The minimum absolute atomic E-state index is 0.720. The van der Waals surface area contributed by atoms with Gasteiger partial charge in [0.05, 0.1) is 7.11 Å². The molecule has 0 aromatic heterocycles. The molecule has 0 unspecified atom stereocenters. The molecule has 0 radical (unpaired) electrons. The van der Waals surface area contributed by atoms with Gasteiger partial charge in [-0.05, 0) is 54.4 Å². The van der Waals surface area contributed by atoms with Crippen LogP contribution in [0.4, 0.5) is 0 Å². The number of hydrogen-bond donors (Lipinski definition) is 1. The zero-order valence-electron chi connectivity index (χ0n) is 12.2. The van der Waals surface area contributed by atoms with E-state index in [4.69, 9.17) is 16.3 Å². The van der Waals surface area contributed by atoms with Crippen LogP contribution in [-0.4, -0.2) is 13.7 Å². The third-order valence-corrected chi connectivity index (χ3v) is 3.57. The van der Waals surface area contributed by atoms with Gasteiger partial charge in [-0.15, -0.1) is 0 Å². The summed E-state index contributed by atoms with van der Waals surface area (Å²) in [6.45, 7) is 6.04. The molecule has 0 bridgehead atoms. The van der Waals surface area contributed by atoms with Gasteiger partial charge in [0.25, 0.3) is 0 Å². The second-order valence-electron chi connectivity index (χ2n) is 4.77. The summed E-state index contributed by atoms with van der Waals surface area (Å²) in [4.78, 5) is 0. The monoisotopic (exact) mass is 289 g/mol. The van der Waals surface area contributed by atoms with Crippen molar-refractivity contribution in [2.45, 2.75) is 20.4 Å². The molecule has 106 valence electrons. The zero-order chi connectivity index (χ0) is 14.5. The van der Waals surface area contributed by atoms with Crippen LogP contribution in [0.5, 0.6) is 5.75 Å². The first-order valence-electron chi connectivity index (χ1n) is 6.80. The van der Waals surface area contributed by atoms with E-state index in [1.807, 2.05) is 18.2 Å². The molecule has 0 fully saturated rings. The summed E-state index contributed by atoms with van der Waals surface area (Å²) in [5.74, 6) is 0.845. The Hall–Kier alpha value is -1.51. The molecule has 0 aliphatic rings. The molecule has 2 nitrogen and oxygen atoms in total. The predicted octanol–water partition coefficient (Wildman–Crippen LogP) is 4.43. The molecule has 2 rings (SSSR count). The van der Waals surface area contributed by atoms with E-state index in [-0.39, 0.29) is 0 Å². The van der Waals surface area contributed by atoms with E-state index >= 15 is 0 Å². The first kappa shape index (κ1) is 14.9. The Bertz CT molecular complexity index is 596. The van der Waals surface area contributed by atoms with Gasteiger partial charge in [0, 0.05) is 17.1 Å². The molecule has 0 amide bonds. The molecule has 0 atom stereocenters. The van der Waals surface area contributed by atoms with Crippen molar-refractivity contribution in [3.8, 4) is 16.9 Å². The second-order valence-corrected chi connectivity index (χ2v) is 5.21. The van der Waals surface area contributed by atoms with Crippen molar-refractivity contribution in [3.05, 3.63) is 52.5 Å². The maximum Gasteiger partial charge on any atom is 0.126 e. The fourth-order valence-electron chi connectivity index (χ4n) is 2.23. The third-order valence-electron chi connectivity index (χ3n) is 3.33. The molecule has 0 saturated heterocycles. The van der Waals surface area contributed by atoms with Gasteiger partial charge in [0.2, 0.25) is 0 Å². The molecule has 0 saturated carbocycles. The highest BCUT2D eigenvalue weighted by Gasteiger charge is 2.10. The summed E-state index contributed by atoms with van der Waals surface area (Å²) in [7, 11) is 1.69. The summed E-state index contributed by atoms with van der Waals surface area (Å²) in [6, 6.07) is 12.2. The van der Waals surface area contributed by atoms with Crippen LogP contribution in [0.1, 0.15) is 18.1 Å². The largest absolute Gasteiger partial charge is 0.496 e. The maximum atomic E-state index is 6.13. The first-order chi connectivity index (χ1) is 9.65. The van der Waals surface area contributed by atoms with E-state index in [2.05, 4.69) is 37.4 Å². The number of halogens is 1. The van der Waals surface area contributed by atoms with Gasteiger partial charge in [0.15, 0.2) is 0 Å². The number of hydrogen-bond acceptors (Lipinski definition) is 2. The minimum Gasteiger partial charge on any atom is -0.496 e. The highest BCUT2D eigenvalue weighted by molar-refractivity contribution is 6.31. The van der Waals surface area contributed by atoms with Gasteiger partial charge in [-0.2, -0.15) is 0 Å². The lowest BCUT2D eigenvalue weighted by molar-refractivity contribution is 0.416. The lowest BCUT2D eigenvalue weighted by Gasteiger charge is -2.13. The summed E-state index contributed by atoms with van der Waals surface area (Å²) in [6.07, 6.45) is 0. The Morgan fingerprint density at radius 1 is 1.10 bits per heavy atom. The molecule has 20 heavy (non-hydrogen) atoms. The molecular formula is C17H20ClNO. The number of benzene rings is 2. The highest BCUT2D eigenvalue weighted by atomic mass is 35.5. The van der Waals surface area contributed by atoms with Crippen LogP contribution in [0.3, 0.4) is 0 Å². The molecule has 0 spiro atoms. The van der Waals surface area contributed by atoms with E-state index < -0.39 is 0 Å². The maximum absolute atomic E-state index is 6.13. The Balaban J connectivity index is 2.48. The fourth-order valence-corrected chi connectivity index (χ4v) is 2.40. The summed E-state index contributed by atoms with van der Waals surface area (Å²) >= 11 is 6.13. The molecular weight excluding hydrogens is 270 g/mol. The van der Waals surface area contributed by atoms with E-state index in [0.29, 0.717) is 0 Å². The van der Waals surface area contributed by atoms with E-state index in [0.717, 1.165) is 29.4 Å². The van der Waals surface area contributed by atoms with Crippen molar-refractivity contribution in [2.75, 3.05) is 13.7 Å². The Labute approximate surface area is 125 Å². The topological polar surface area (TPSA) is 21.3 Å². The molecule has 0 aliphatic heterocycles. The number of nitrogens with one attached hydrogen (secondary N) is 1. The van der Waals surface area contributed by atoms with Crippen molar-refractivity contribution in [1.29, 1.82) is 0 Å². The Morgan fingerprint density at radius 3 is 2.60 bits per heavy atom. The Morgan fingerprint density at radius 2 is 1.90 bits per heavy atom. The minimum atomic E-state index is 0.720. The van der Waals surface area contributed by atoms with Crippen LogP contribution in [0.15, 0.2) is 36.4 Å². The summed E-state index contributed by atoms with van der Waals surface area (Å²) in [5.41, 5.74) is 4.68. The SMILES string of the molecule is CCNCc1ccc(C)c(-c2cc(Cl)ccc2OC)c1. The van der Waals surface area contributed by atoms with E-state index in [1.165, 1.54) is 16.7 Å². The first-order valence-corrected chi connectivity index (χ1v) is 7.17. The predicted molar refractivity (Wildman–Crippen MR) is 85.6 cm³/mol. The van der Waals surface area contributed by atoms with Crippen molar-refractivity contribution >= 4 is 11.6 Å². The average Bonchev–Trinajstić information content (AvgIpc) is 2.46. The van der Waals surface area contributed by atoms with Crippen LogP contribution in [-0.2, 0) is 6.54 Å². The van der Waals surface area contributed by atoms with Crippen LogP contribution < -0.4 is 10.1 Å². The van der Waals surface area contributed by atoms with Crippen LogP contribution in [0.25, 0.3) is 11.1 Å². The van der Waals surface area contributed by atoms with Crippen molar-refractivity contribution in [2.24, 2.45) is 0 Å². The van der Waals surface area contributed by atoms with Crippen molar-refractivity contribution in [1.82, 2.24) is 5.32 Å². The Kier molecular flexibility index (Phi) is 5.05. The van der Waals surface area contributed by atoms with Crippen LogP contribution >= 0.6 is 11.6 Å². The lowest BCUT2D eigenvalue weighted by atomic mass is 9.97. The second kappa shape index (κ2) is 6.78. The van der Waals surface area contributed by atoms with Gasteiger partial charge in [-0.1, -0.05) is 30.7 Å². The fraction of sp³-hybridized carbons (Fsp3) is 0.294. The molecule has 2 aromatic carbocycles. The number of methoxy groups -OCH3 is 1. The lowest BCUT2D eigenvalue weighted by Crippen LogP contribution is -2.11. The highest BCUT2D eigenvalue weighted by Crippen LogP contribution is 2.34. The molecule has 1 N–H and O–H groups in total. The molecule has 0 aliphatic carbocycles. The number of ether oxygens (including phenoxy) is 1.